The monoisotopic (exact) mass is 1410 g/mol. The number of hydrogen-bond donors (Lipinski definition) is 7. The van der Waals surface area contributed by atoms with Gasteiger partial charge in [-0.05, 0) is 129 Å². The number of morpholine rings is 3. The first kappa shape index (κ1) is 70.3. The molecule has 105 heavy (non-hydrogen) atoms. The molecule has 12 aromatic rings. The van der Waals surface area contributed by atoms with E-state index in [1.165, 1.54) is 17.1 Å². The number of ether oxygens (including phenoxy) is 5. The Kier molecular flexibility index (Phi) is 22.8. The zero-order chi connectivity index (χ0) is 71.7. The van der Waals surface area contributed by atoms with E-state index in [1.54, 1.807) is 24.8 Å². The summed E-state index contributed by atoms with van der Waals surface area (Å²) >= 11 is 0. The molecule has 0 unspecified atom stereocenters. The van der Waals surface area contributed by atoms with E-state index in [4.69, 9.17) is 55.8 Å². The Labute approximate surface area is 609 Å². The number of fused-ring (bicyclic) bond motifs is 3. The molecule has 0 amide bonds. The third-order valence-electron chi connectivity index (χ3n) is 18.3. The SMILES string of the molecule is CN(C)CCOc1ccnc(-c2cccc3c(N)nc(Nc4ccc(N5CCOCC5)cc4)nc23)c1.Nc1nc(Nc2ccc(N3CCNCC3)cc2)nc2c(-c3ccccn3)nccc12.Nc1nc(Nc2ccc(N3CCOCC3)cc2)nc2c(-c3cc(OCCN4CCOCC4)ccn3)cccc12. The number of nitrogens with zero attached hydrogens (tertiary/aromatic N) is 15. The maximum atomic E-state index is 6.38. The predicted molar refractivity (Wildman–Crippen MR) is 416 cm³/mol. The van der Waals surface area contributed by atoms with Gasteiger partial charge in [0, 0.05) is 177 Å². The van der Waals surface area contributed by atoms with E-state index in [-0.39, 0.29) is 0 Å². The van der Waals surface area contributed by atoms with Gasteiger partial charge in [0.1, 0.15) is 53.4 Å². The van der Waals surface area contributed by atoms with E-state index in [0.717, 1.165) is 202 Å². The van der Waals surface area contributed by atoms with Crippen LogP contribution in [0.5, 0.6) is 11.5 Å². The number of anilines is 12. The molecule has 7 aromatic heterocycles. The Morgan fingerprint density at radius 3 is 1.31 bits per heavy atom. The summed E-state index contributed by atoms with van der Waals surface area (Å²) in [7, 11) is 4.04. The number of para-hydroxylation sites is 2. The van der Waals surface area contributed by atoms with Crippen molar-refractivity contribution in [2.45, 2.75) is 0 Å². The van der Waals surface area contributed by atoms with Crippen LogP contribution in [0.4, 0.5) is 69.4 Å². The summed E-state index contributed by atoms with van der Waals surface area (Å²) in [6.45, 7) is 17.0. The van der Waals surface area contributed by atoms with E-state index >= 15 is 0 Å². The van der Waals surface area contributed by atoms with Crippen molar-refractivity contribution in [1.82, 2.24) is 65.0 Å². The van der Waals surface area contributed by atoms with E-state index in [2.05, 4.69) is 117 Å². The average Bonchev–Trinajstić information content (AvgIpc) is 0.793. The van der Waals surface area contributed by atoms with Gasteiger partial charge in [0.15, 0.2) is 0 Å². The second-order valence-electron chi connectivity index (χ2n) is 25.6. The van der Waals surface area contributed by atoms with Gasteiger partial charge in [0.05, 0.1) is 67.8 Å². The fourth-order valence-corrected chi connectivity index (χ4v) is 12.7. The minimum atomic E-state index is 0.402. The fraction of sp³-hybridized carbons (Fsp3) is 0.282. The number of likely N-dealkylation sites (N-methyl/N-ethyl adjacent to an activating group) is 1. The summed E-state index contributed by atoms with van der Waals surface area (Å²) < 4.78 is 28.3. The molecule has 10 N–H and O–H groups in total. The van der Waals surface area contributed by atoms with Crippen LogP contribution in [0.15, 0.2) is 183 Å². The Hall–Kier alpha value is -11.7. The van der Waals surface area contributed by atoms with Crippen LogP contribution in [0.1, 0.15) is 0 Å². The Bertz CT molecular complexity index is 4850. The van der Waals surface area contributed by atoms with E-state index in [9.17, 15) is 0 Å². The molecule has 5 aromatic carbocycles. The van der Waals surface area contributed by atoms with Crippen LogP contribution < -0.4 is 62.6 Å². The second kappa shape index (κ2) is 34.0. The van der Waals surface area contributed by atoms with E-state index < -0.39 is 0 Å². The van der Waals surface area contributed by atoms with Crippen molar-refractivity contribution in [2.24, 2.45) is 0 Å². The molecular weight excluding hydrogens is 1330 g/mol. The summed E-state index contributed by atoms with van der Waals surface area (Å²) in [6.07, 6.45) is 6.95. The maximum absolute atomic E-state index is 6.38. The van der Waals surface area contributed by atoms with Crippen molar-refractivity contribution in [2.75, 3.05) is 193 Å². The summed E-state index contributed by atoms with van der Waals surface area (Å²) in [5, 5.41) is 15.6. The van der Waals surface area contributed by atoms with Crippen LogP contribution in [0.3, 0.4) is 0 Å². The first-order chi connectivity index (χ1) is 51.6. The molecule has 4 saturated heterocycles. The molecule has 4 aliphatic heterocycles. The van der Waals surface area contributed by atoms with Gasteiger partial charge in [-0.3, -0.25) is 24.8 Å². The van der Waals surface area contributed by atoms with Crippen LogP contribution in [0.2, 0.25) is 0 Å². The number of rotatable bonds is 20. The first-order valence-corrected chi connectivity index (χ1v) is 35.4. The van der Waals surface area contributed by atoms with E-state index in [1.807, 2.05) is 135 Å². The molecule has 0 aliphatic carbocycles. The molecule has 4 fully saturated rings. The highest BCUT2D eigenvalue weighted by molar-refractivity contribution is 6.00. The Morgan fingerprint density at radius 1 is 0.419 bits per heavy atom. The van der Waals surface area contributed by atoms with Gasteiger partial charge in [-0.2, -0.15) is 15.0 Å². The summed E-state index contributed by atoms with van der Waals surface area (Å²) in [4.78, 5) is 57.3. The molecule has 0 atom stereocenters. The number of aromatic nitrogens is 10. The van der Waals surface area contributed by atoms with Crippen molar-refractivity contribution in [3.8, 4) is 45.4 Å². The molecule has 0 spiro atoms. The molecule has 4 aliphatic rings. The van der Waals surface area contributed by atoms with Crippen LogP contribution in [-0.2, 0) is 14.2 Å². The Balaban J connectivity index is 0.000000134. The quantitative estimate of drug-likeness (QED) is 0.0373. The van der Waals surface area contributed by atoms with Crippen molar-refractivity contribution >= 4 is 102 Å². The van der Waals surface area contributed by atoms with Crippen LogP contribution in [0, 0.1) is 0 Å². The predicted octanol–water partition coefficient (Wildman–Crippen LogP) is 10.2. The smallest absolute Gasteiger partial charge is 0.229 e. The molecule has 27 heteroatoms. The highest BCUT2D eigenvalue weighted by Gasteiger charge is 2.20. The molecule has 538 valence electrons. The van der Waals surface area contributed by atoms with Crippen molar-refractivity contribution in [1.29, 1.82) is 0 Å². The van der Waals surface area contributed by atoms with Crippen LogP contribution in [0.25, 0.3) is 66.6 Å². The van der Waals surface area contributed by atoms with Crippen molar-refractivity contribution in [3.63, 3.8) is 0 Å². The number of nitrogens with two attached hydrogens (primary N) is 3. The maximum Gasteiger partial charge on any atom is 0.229 e. The highest BCUT2D eigenvalue weighted by atomic mass is 16.5. The van der Waals surface area contributed by atoms with Gasteiger partial charge in [-0.15, -0.1) is 0 Å². The fourth-order valence-electron chi connectivity index (χ4n) is 12.7. The molecule has 27 nitrogen and oxygen atoms in total. The lowest BCUT2D eigenvalue weighted by Crippen LogP contribution is -2.43. The second-order valence-corrected chi connectivity index (χ2v) is 25.6. The molecule has 11 heterocycles. The number of nitrogen functional groups attached to an aromatic ring is 3. The first-order valence-electron chi connectivity index (χ1n) is 35.4. The van der Waals surface area contributed by atoms with Gasteiger partial charge in [-0.25, -0.2) is 15.0 Å². The molecule has 0 bridgehead atoms. The van der Waals surface area contributed by atoms with Crippen LogP contribution >= 0.6 is 0 Å². The number of hydrogen-bond acceptors (Lipinski definition) is 27. The lowest BCUT2D eigenvalue weighted by Gasteiger charge is -2.29. The minimum absolute atomic E-state index is 0.402. The molecular formula is C78H86N22O5. The van der Waals surface area contributed by atoms with Gasteiger partial charge < -0.3 is 81.8 Å². The number of piperazine rings is 1. The number of benzene rings is 5. The zero-order valence-corrected chi connectivity index (χ0v) is 58.9. The third-order valence-corrected chi connectivity index (χ3v) is 18.3. The van der Waals surface area contributed by atoms with Gasteiger partial charge in [0.25, 0.3) is 0 Å². The third kappa shape index (κ3) is 18.0. The normalized spacial score (nSPS) is 14.8. The van der Waals surface area contributed by atoms with E-state index in [0.29, 0.717) is 59.7 Å². The largest absolute Gasteiger partial charge is 0.492 e. The van der Waals surface area contributed by atoms with Crippen molar-refractivity contribution in [3.05, 3.63) is 183 Å². The standard InChI is InChI=1S/C29H33N7O3.C27H31N7O2.C22H22N8/c30-28-25-3-1-2-24(26-20-23(8-9-31-26)39-19-12-35-10-15-37-16-11-35)27(25)33-29(34-28)32-21-4-6-22(7-5-21)36-13-17-38-18-14-36;1-33(2)12-17-36-21-10-11-29-24(18-21)22-4-3-5-23-25(22)31-27(32-26(23)28)30-19-6-8-20(9-7-19)34-13-15-35-16-14-34;23-21-17-8-10-26-20(18-3-1-2-9-25-18)19(17)28-22(29-21)27-15-4-6-16(7-5-15)30-13-11-24-12-14-30/h1-9,20H,10-19H2,(H3,30,32,33,34);3-11,18H,12-17H2,1-2H3,(H3,28,30,31,32);1-10,24H,11-14H2,(H3,23,27,28,29). The van der Waals surface area contributed by atoms with Crippen molar-refractivity contribution < 1.29 is 23.7 Å². The van der Waals surface area contributed by atoms with Gasteiger partial charge >= 0.3 is 0 Å². The summed E-state index contributed by atoms with van der Waals surface area (Å²) in [5.41, 5.74) is 32.0. The summed E-state index contributed by atoms with van der Waals surface area (Å²) in [5.74, 6) is 4.06. The zero-order valence-electron chi connectivity index (χ0n) is 58.9. The van der Waals surface area contributed by atoms with Crippen LogP contribution in [-0.4, -0.2) is 205 Å². The number of pyridine rings is 4. The van der Waals surface area contributed by atoms with Gasteiger partial charge in [-0.1, -0.05) is 30.3 Å². The topological polar surface area (TPSA) is 317 Å². The lowest BCUT2D eigenvalue weighted by atomic mass is 10.1. The lowest BCUT2D eigenvalue weighted by molar-refractivity contribution is 0.0322. The highest BCUT2D eigenvalue weighted by Crippen LogP contribution is 2.35. The Morgan fingerprint density at radius 2 is 0.848 bits per heavy atom. The molecule has 0 saturated carbocycles. The number of nitrogens with one attached hydrogen (secondary N) is 4. The minimum Gasteiger partial charge on any atom is -0.492 e. The molecule has 0 radical (unpaired) electrons. The average molecular weight is 1410 g/mol. The van der Waals surface area contributed by atoms with Gasteiger partial charge in [0.2, 0.25) is 17.8 Å². The summed E-state index contributed by atoms with van der Waals surface area (Å²) in [6, 6.07) is 51.6. The molecule has 16 rings (SSSR count).